The lowest BCUT2D eigenvalue weighted by molar-refractivity contribution is -0.888. The maximum Gasteiger partial charge on any atom is 0.312 e. The summed E-state index contributed by atoms with van der Waals surface area (Å²) in [6.45, 7) is 16.8. The molecule has 0 bridgehead atoms. The number of ether oxygens (including phenoxy) is 3. The fourth-order valence-corrected chi connectivity index (χ4v) is 8.30. The van der Waals surface area contributed by atoms with E-state index in [9.17, 15) is 19.2 Å². The van der Waals surface area contributed by atoms with Gasteiger partial charge in [0, 0.05) is 6.04 Å². The van der Waals surface area contributed by atoms with Crippen molar-refractivity contribution in [2.24, 2.45) is 16.2 Å². The summed E-state index contributed by atoms with van der Waals surface area (Å²) in [4.78, 5) is 55.4. The number of esters is 3. The molecule has 3 atom stereocenters. The first-order valence-corrected chi connectivity index (χ1v) is 19.9. The zero-order chi connectivity index (χ0) is 39.0. The molecule has 0 saturated carbocycles. The van der Waals surface area contributed by atoms with Crippen LogP contribution in [-0.4, -0.2) is 128 Å². The molecule has 0 aliphatic heterocycles. The van der Waals surface area contributed by atoms with E-state index in [2.05, 4.69) is 39.2 Å². The highest BCUT2D eigenvalue weighted by Gasteiger charge is 2.52. The van der Waals surface area contributed by atoms with Crippen LogP contribution in [0.2, 0.25) is 0 Å². The fraction of sp³-hybridized carbons (Fsp3) is 0.811. The minimum Gasteiger partial charge on any atom is -0.459 e. The maximum atomic E-state index is 14.3. The highest BCUT2D eigenvalue weighted by atomic mass is 32.2. The lowest BCUT2D eigenvalue weighted by atomic mass is 9.64. The van der Waals surface area contributed by atoms with Crippen molar-refractivity contribution in [1.82, 2.24) is 5.32 Å². The summed E-state index contributed by atoms with van der Waals surface area (Å²) in [5, 5.41) is 2.25. The van der Waals surface area contributed by atoms with Gasteiger partial charge in [-0.3, -0.25) is 19.2 Å². The Hall–Kier alpha value is -1.85. The Kier molecular flexibility index (Phi) is 20.8. The van der Waals surface area contributed by atoms with Crippen LogP contribution in [0, 0.1) is 28.6 Å². The molecule has 0 radical (unpaired) electrons. The van der Waals surface area contributed by atoms with Gasteiger partial charge in [-0.05, 0) is 79.9 Å². The zero-order valence-corrected chi connectivity index (χ0v) is 35.6. The third kappa shape index (κ3) is 18.6. The van der Waals surface area contributed by atoms with Gasteiger partial charge in [0.15, 0.2) is 6.61 Å². The Morgan fingerprint density at radius 2 is 1.42 bits per heavy atom. The molecule has 1 N–H and O–H groups in total. The van der Waals surface area contributed by atoms with Gasteiger partial charge in [0.2, 0.25) is 5.91 Å². The monoisotopic (exact) mass is 761 g/mol. The number of unbranched alkanes of at least 4 members (excludes halogenated alkanes) is 1. The van der Waals surface area contributed by atoms with Crippen molar-refractivity contribution >= 4 is 63.1 Å². The average molecular weight is 762 g/mol. The van der Waals surface area contributed by atoms with Gasteiger partial charge < -0.3 is 28.5 Å². The number of terminal acetylenes is 1. The van der Waals surface area contributed by atoms with Gasteiger partial charge in [0.05, 0.1) is 63.3 Å². The van der Waals surface area contributed by atoms with E-state index in [1.807, 2.05) is 35.0 Å². The molecule has 13 heteroatoms. The SMILES string of the molecule is C#CCOC(=O)C(C)(C)CC(C)(CC(C)(CC(SC(=S)SCCCC)C(=O)NC(C)C)C(=O)OCC[N+](C)(C)CC)C(=O)OCC[N+](C)(C)C. The molecule has 288 valence electrons. The Morgan fingerprint density at radius 3 is 1.92 bits per heavy atom. The van der Waals surface area contributed by atoms with Crippen molar-refractivity contribution < 1.29 is 42.4 Å². The van der Waals surface area contributed by atoms with E-state index >= 15 is 0 Å². The summed E-state index contributed by atoms with van der Waals surface area (Å²) >= 11 is 8.49. The van der Waals surface area contributed by atoms with E-state index < -0.39 is 39.4 Å². The van der Waals surface area contributed by atoms with Gasteiger partial charge in [-0.2, -0.15) is 0 Å². The largest absolute Gasteiger partial charge is 0.459 e. The average Bonchev–Trinajstić information content (AvgIpc) is 2.98. The Labute approximate surface area is 317 Å². The molecule has 0 spiro atoms. The van der Waals surface area contributed by atoms with Crippen molar-refractivity contribution in [3.8, 4) is 12.3 Å². The molecule has 0 heterocycles. The van der Waals surface area contributed by atoms with Crippen molar-refractivity contribution in [2.45, 2.75) is 98.8 Å². The van der Waals surface area contributed by atoms with Gasteiger partial charge in [-0.25, -0.2) is 0 Å². The summed E-state index contributed by atoms with van der Waals surface area (Å²) in [6.07, 6.45) is 7.33. The summed E-state index contributed by atoms with van der Waals surface area (Å²) in [5.74, 6) is 1.24. The lowest BCUT2D eigenvalue weighted by Gasteiger charge is -2.41. The smallest absolute Gasteiger partial charge is 0.312 e. The van der Waals surface area contributed by atoms with Crippen LogP contribution in [0.1, 0.15) is 87.5 Å². The minimum absolute atomic E-state index is 0.00345. The van der Waals surface area contributed by atoms with Gasteiger partial charge in [0.1, 0.15) is 29.8 Å². The molecule has 0 aliphatic rings. The molecule has 0 aromatic carbocycles. The molecular formula is C37H67N3O7S3+2. The highest BCUT2D eigenvalue weighted by Crippen LogP contribution is 2.47. The van der Waals surface area contributed by atoms with E-state index in [0.717, 1.165) is 25.1 Å². The number of likely N-dealkylation sites (N-methyl/N-ethyl adjacent to an activating group) is 2. The number of amides is 1. The highest BCUT2D eigenvalue weighted by molar-refractivity contribution is 8.47. The molecule has 0 aromatic heterocycles. The first-order valence-electron chi connectivity index (χ1n) is 17.6. The lowest BCUT2D eigenvalue weighted by Crippen LogP contribution is -2.48. The second kappa shape index (κ2) is 21.6. The van der Waals surface area contributed by atoms with Crippen LogP contribution in [0.3, 0.4) is 0 Å². The van der Waals surface area contributed by atoms with Crippen LogP contribution >= 0.6 is 35.7 Å². The van der Waals surface area contributed by atoms with Crippen molar-refractivity contribution in [2.75, 3.05) is 80.4 Å². The number of thioether (sulfide) groups is 2. The van der Waals surface area contributed by atoms with Gasteiger partial charge >= 0.3 is 17.9 Å². The third-order valence-electron chi connectivity index (χ3n) is 8.53. The Balaban J connectivity index is 7.04. The predicted octanol–water partition coefficient (Wildman–Crippen LogP) is 5.71. The van der Waals surface area contributed by atoms with E-state index in [4.69, 9.17) is 32.9 Å². The number of hydrogen-bond acceptors (Lipinski definition) is 10. The topological polar surface area (TPSA) is 108 Å². The number of rotatable bonds is 23. The minimum atomic E-state index is -1.36. The van der Waals surface area contributed by atoms with E-state index in [1.54, 1.807) is 27.7 Å². The molecule has 0 saturated heterocycles. The Bertz CT molecular complexity index is 1180. The number of carbonyl (C=O) groups excluding carboxylic acids is 4. The molecule has 0 aliphatic carbocycles. The number of quaternary nitrogens is 2. The predicted molar refractivity (Wildman–Crippen MR) is 211 cm³/mol. The van der Waals surface area contributed by atoms with E-state index in [-0.39, 0.29) is 51.0 Å². The van der Waals surface area contributed by atoms with Crippen LogP contribution < -0.4 is 5.32 Å². The molecule has 50 heavy (non-hydrogen) atoms. The molecule has 0 rings (SSSR count). The molecule has 0 fully saturated rings. The number of nitrogens with zero attached hydrogens (tertiary/aromatic N) is 2. The molecule has 0 aromatic rings. The number of nitrogens with one attached hydrogen (secondary N) is 1. The first-order chi connectivity index (χ1) is 22.9. The van der Waals surface area contributed by atoms with Gasteiger partial charge in [0.25, 0.3) is 0 Å². The standard InChI is InChI=1S/C37H66N3O7S3/c1-15-18-24-49-34(48)50-29(30(41)38-28(4)5)25-36(8,32(43)47-23-20-40(13,14)17-3)27-37(9,33(44)46-22-19-39(10,11)12)26-35(6,7)31(42)45-21-16-2/h2,28-29H,15,17-27H2,1,3-14H3/q+1/p+1. The number of thiocarbonyl (C=S) groups is 1. The van der Waals surface area contributed by atoms with Crippen molar-refractivity contribution in [3.05, 3.63) is 0 Å². The second-order valence-electron chi connectivity index (χ2n) is 16.3. The number of hydrogen-bond donors (Lipinski definition) is 1. The molecule has 10 nitrogen and oxygen atoms in total. The quantitative estimate of drug-likeness (QED) is 0.0348. The normalized spacial score (nSPS) is 15.2. The molecule has 3 unspecified atom stereocenters. The summed E-state index contributed by atoms with van der Waals surface area (Å²) in [5.41, 5.74) is -3.89. The van der Waals surface area contributed by atoms with Gasteiger partial charge in [-0.1, -0.05) is 43.2 Å². The van der Waals surface area contributed by atoms with E-state index in [0.29, 0.717) is 25.6 Å². The fourth-order valence-electron chi connectivity index (χ4n) is 5.37. The van der Waals surface area contributed by atoms with Crippen LogP contribution in [0.5, 0.6) is 0 Å². The Morgan fingerprint density at radius 1 is 0.860 bits per heavy atom. The third-order valence-corrected chi connectivity index (χ3v) is 11.4. The van der Waals surface area contributed by atoms with Crippen molar-refractivity contribution in [1.29, 1.82) is 0 Å². The van der Waals surface area contributed by atoms with Crippen LogP contribution in [0.25, 0.3) is 0 Å². The maximum absolute atomic E-state index is 14.3. The first kappa shape index (κ1) is 48.1. The number of carbonyl (C=O) groups is 4. The summed E-state index contributed by atoms with van der Waals surface area (Å²) < 4.78 is 19.0. The van der Waals surface area contributed by atoms with Crippen LogP contribution in [0.4, 0.5) is 0 Å². The summed E-state index contributed by atoms with van der Waals surface area (Å²) in [7, 11) is 10.1. The second-order valence-corrected chi connectivity index (χ2v) is 19.8. The zero-order valence-electron chi connectivity index (χ0n) is 33.2. The van der Waals surface area contributed by atoms with Crippen LogP contribution in [0.15, 0.2) is 0 Å². The van der Waals surface area contributed by atoms with E-state index in [1.165, 1.54) is 23.5 Å². The molecular weight excluding hydrogens is 695 g/mol. The molecule has 1 amide bonds. The van der Waals surface area contributed by atoms with Gasteiger partial charge in [-0.15, -0.1) is 18.2 Å². The summed E-state index contributed by atoms with van der Waals surface area (Å²) in [6, 6.07) is -0.143. The van der Waals surface area contributed by atoms with Crippen LogP contribution in [-0.2, 0) is 33.4 Å². The van der Waals surface area contributed by atoms with Crippen molar-refractivity contribution in [3.63, 3.8) is 0 Å².